The molecule has 3 aromatic rings. The van der Waals surface area contributed by atoms with E-state index < -0.39 is 22.5 Å². The Morgan fingerprint density at radius 3 is 2.41 bits per heavy atom. The molecule has 37 heavy (non-hydrogen) atoms. The molecule has 1 aliphatic heterocycles. The Hall–Kier alpha value is -4.20. The molecular formula is C26H23ClN6O3S. The average Bonchev–Trinajstić information content (AvgIpc) is 2.91. The van der Waals surface area contributed by atoms with Gasteiger partial charge in [-0.2, -0.15) is 5.10 Å². The highest BCUT2D eigenvalue weighted by Crippen LogP contribution is 2.30. The molecule has 1 atom stereocenters. The quantitative estimate of drug-likeness (QED) is 0.283. The molecule has 3 N–H and O–H groups in total. The summed E-state index contributed by atoms with van der Waals surface area (Å²) in [5.74, 6) is -0.918. The summed E-state index contributed by atoms with van der Waals surface area (Å²) in [6.07, 6.45) is 0.600. The minimum Gasteiger partial charge on any atom is -0.368 e. The van der Waals surface area contributed by atoms with E-state index >= 15 is 0 Å². The molecule has 3 aromatic carbocycles. The van der Waals surface area contributed by atoms with Crippen LogP contribution in [0.25, 0.3) is 4.85 Å². The van der Waals surface area contributed by atoms with Crippen molar-refractivity contribution in [3.8, 4) is 0 Å². The summed E-state index contributed by atoms with van der Waals surface area (Å²) in [7, 11) is -4.10. The van der Waals surface area contributed by atoms with E-state index in [-0.39, 0.29) is 16.8 Å². The molecule has 4 rings (SSSR count). The zero-order valence-corrected chi connectivity index (χ0v) is 21.2. The summed E-state index contributed by atoms with van der Waals surface area (Å²) in [6, 6.07) is 22.6. The van der Waals surface area contributed by atoms with Crippen LogP contribution in [-0.2, 0) is 14.8 Å². The van der Waals surface area contributed by atoms with Crippen LogP contribution < -0.4 is 10.5 Å². The number of rotatable bonds is 6. The van der Waals surface area contributed by atoms with E-state index in [9.17, 15) is 13.2 Å². The minimum absolute atomic E-state index is 0.0613. The third kappa shape index (κ3) is 6.33. The Morgan fingerprint density at radius 1 is 1.11 bits per heavy atom. The van der Waals surface area contributed by atoms with Crippen molar-refractivity contribution in [1.82, 2.24) is 9.73 Å². The van der Waals surface area contributed by atoms with Crippen LogP contribution in [0.15, 0.2) is 93.9 Å². The highest BCUT2D eigenvalue weighted by Gasteiger charge is 2.29. The third-order valence-electron chi connectivity index (χ3n) is 5.66. The van der Waals surface area contributed by atoms with Gasteiger partial charge in [0.15, 0.2) is 5.69 Å². The maximum absolute atomic E-state index is 13.1. The minimum atomic E-state index is -4.10. The van der Waals surface area contributed by atoms with Gasteiger partial charge >= 0.3 is 0 Å². The van der Waals surface area contributed by atoms with Crippen molar-refractivity contribution < 1.29 is 13.2 Å². The van der Waals surface area contributed by atoms with Gasteiger partial charge in [-0.3, -0.25) is 4.79 Å². The Bertz CT molecular complexity index is 1480. The number of nitrogens with zero attached hydrogens (tertiary/aromatic N) is 4. The Kier molecular flexibility index (Phi) is 7.86. The number of nitrogens with one attached hydrogen (secondary N) is 1. The Labute approximate surface area is 220 Å². The first-order chi connectivity index (χ1) is 17.8. The van der Waals surface area contributed by atoms with Gasteiger partial charge in [-0.15, -0.1) is 0 Å². The zero-order valence-electron chi connectivity index (χ0n) is 19.6. The molecule has 0 bridgehead atoms. The van der Waals surface area contributed by atoms with Gasteiger partial charge < -0.3 is 5.73 Å². The van der Waals surface area contributed by atoms with Crippen molar-refractivity contribution in [3.63, 3.8) is 0 Å². The summed E-state index contributed by atoms with van der Waals surface area (Å²) >= 11 is 6.10. The lowest BCUT2D eigenvalue weighted by Crippen LogP contribution is -2.45. The van der Waals surface area contributed by atoms with Gasteiger partial charge in [0, 0.05) is 17.5 Å². The van der Waals surface area contributed by atoms with E-state index in [0.717, 1.165) is 11.1 Å². The van der Waals surface area contributed by atoms with Crippen molar-refractivity contribution in [2.24, 2.45) is 15.8 Å². The van der Waals surface area contributed by atoms with Crippen molar-refractivity contribution in [1.29, 1.82) is 0 Å². The second-order valence-corrected chi connectivity index (χ2v) is 10.3. The monoisotopic (exact) mass is 534 g/mol. The van der Waals surface area contributed by atoms with Crippen LogP contribution in [0.4, 0.5) is 5.69 Å². The maximum Gasteiger partial charge on any atom is 0.264 e. The molecule has 0 saturated carbocycles. The molecule has 0 aromatic heterocycles. The van der Waals surface area contributed by atoms with Gasteiger partial charge in [0.1, 0.15) is 6.54 Å². The summed E-state index contributed by atoms with van der Waals surface area (Å²) in [5, 5.41) is 6.79. The number of hydrogen-bond donors (Lipinski definition) is 2. The van der Waals surface area contributed by atoms with Crippen LogP contribution >= 0.6 is 11.6 Å². The van der Waals surface area contributed by atoms with Crippen LogP contribution in [0.5, 0.6) is 0 Å². The lowest BCUT2D eigenvalue weighted by atomic mass is 9.86. The van der Waals surface area contributed by atoms with E-state index in [2.05, 4.69) is 14.6 Å². The van der Waals surface area contributed by atoms with E-state index in [1.165, 1.54) is 29.3 Å². The highest BCUT2D eigenvalue weighted by molar-refractivity contribution is 7.90. The van der Waals surface area contributed by atoms with Crippen LogP contribution in [0.3, 0.4) is 0 Å². The fourth-order valence-electron chi connectivity index (χ4n) is 3.88. The topological polar surface area (TPSA) is 122 Å². The number of hydrazone groups is 1. The lowest BCUT2D eigenvalue weighted by molar-refractivity contribution is -0.116. The van der Waals surface area contributed by atoms with Gasteiger partial charge in [-0.1, -0.05) is 78.3 Å². The molecule has 0 aliphatic carbocycles. The fraction of sp³-hybridized carbons (Fsp3) is 0.154. The standard InChI is InChI=1S/C26H23ClN6O3S/c1-29-21-11-13-22(14-12-21)37(35,36)32-26(30-17-24(28)34)33-16-15-23(18-5-3-2-4-6-18)25(31-33)19-7-9-20(27)10-8-19/h2-14,23H,15-17H2,(H2,28,34)(H,30,32). The summed E-state index contributed by atoms with van der Waals surface area (Å²) in [4.78, 5) is 18.8. The summed E-state index contributed by atoms with van der Waals surface area (Å²) in [5.41, 5.74) is 8.17. The fourth-order valence-corrected chi connectivity index (χ4v) is 5.03. The number of carbonyl (C=O) groups excluding carboxylic acids is 1. The van der Waals surface area contributed by atoms with Gasteiger partial charge in [0.05, 0.1) is 17.2 Å². The number of halogens is 1. The van der Waals surface area contributed by atoms with E-state index in [0.29, 0.717) is 29.4 Å². The number of primary amides is 1. The molecule has 188 valence electrons. The van der Waals surface area contributed by atoms with Crippen molar-refractivity contribution in [2.75, 3.05) is 13.1 Å². The molecule has 0 radical (unpaired) electrons. The van der Waals surface area contributed by atoms with E-state index in [1.54, 1.807) is 12.1 Å². The molecule has 1 amide bonds. The van der Waals surface area contributed by atoms with Crippen LogP contribution in [0, 0.1) is 6.57 Å². The van der Waals surface area contributed by atoms with Gasteiger partial charge in [0.25, 0.3) is 10.0 Å². The zero-order chi connectivity index (χ0) is 26.4. The maximum atomic E-state index is 13.1. The molecular weight excluding hydrogens is 512 g/mol. The Balaban J connectivity index is 1.74. The van der Waals surface area contributed by atoms with Crippen molar-refractivity contribution in [3.05, 3.63) is 106 Å². The lowest BCUT2D eigenvalue weighted by Gasteiger charge is -2.32. The first-order valence-corrected chi connectivity index (χ1v) is 13.1. The van der Waals surface area contributed by atoms with Crippen LogP contribution in [0.2, 0.25) is 5.02 Å². The molecule has 0 spiro atoms. The SMILES string of the molecule is [C-]#[N+]c1ccc(S(=O)(=O)NC(=NCC(N)=O)N2CCC(c3ccccc3)C(c3ccc(Cl)cc3)=N2)cc1. The van der Waals surface area contributed by atoms with Crippen molar-refractivity contribution in [2.45, 2.75) is 17.2 Å². The Morgan fingerprint density at radius 2 is 1.78 bits per heavy atom. The highest BCUT2D eigenvalue weighted by atomic mass is 35.5. The number of aliphatic imine (C=N–C) groups is 1. The first kappa shape index (κ1) is 25.9. The molecule has 0 fully saturated rings. The van der Waals surface area contributed by atoms with Crippen molar-refractivity contribution >= 4 is 44.9 Å². The number of hydrogen-bond acceptors (Lipinski definition) is 5. The number of nitrogens with two attached hydrogens (primary N) is 1. The number of guanidine groups is 1. The molecule has 11 heteroatoms. The molecule has 1 aliphatic rings. The van der Waals surface area contributed by atoms with Crippen LogP contribution in [0.1, 0.15) is 23.5 Å². The van der Waals surface area contributed by atoms with Crippen LogP contribution in [-0.4, -0.2) is 44.1 Å². The first-order valence-electron chi connectivity index (χ1n) is 11.3. The van der Waals surface area contributed by atoms with Gasteiger partial charge in [-0.05, 0) is 29.7 Å². The molecule has 9 nitrogen and oxygen atoms in total. The molecule has 1 heterocycles. The number of benzene rings is 3. The van der Waals surface area contributed by atoms with E-state index in [4.69, 9.17) is 29.0 Å². The molecule has 1 unspecified atom stereocenters. The largest absolute Gasteiger partial charge is 0.368 e. The number of sulfonamides is 1. The number of amides is 1. The summed E-state index contributed by atoms with van der Waals surface area (Å²) in [6.45, 7) is 6.96. The molecule has 0 saturated heterocycles. The van der Waals surface area contributed by atoms with E-state index in [1.807, 2.05) is 42.5 Å². The van der Waals surface area contributed by atoms with Gasteiger partial charge in [0.2, 0.25) is 11.9 Å². The average molecular weight is 535 g/mol. The predicted octanol–water partition coefficient (Wildman–Crippen LogP) is 3.90. The number of carbonyl (C=O) groups is 1. The third-order valence-corrected chi connectivity index (χ3v) is 7.26. The van der Waals surface area contributed by atoms with Gasteiger partial charge in [-0.25, -0.2) is 28.0 Å². The summed E-state index contributed by atoms with van der Waals surface area (Å²) < 4.78 is 28.7. The smallest absolute Gasteiger partial charge is 0.264 e. The normalized spacial score (nSPS) is 16.0. The predicted molar refractivity (Wildman–Crippen MR) is 143 cm³/mol. The second kappa shape index (κ2) is 11.2. The second-order valence-electron chi connectivity index (χ2n) is 8.18.